The van der Waals surface area contributed by atoms with Gasteiger partial charge in [0, 0.05) is 28.6 Å². The van der Waals surface area contributed by atoms with E-state index in [1.54, 1.807) is 23.6 Å². The first-order valence-corrected chi connectivity index (χ1v) is 9.60. The van der Waals surface area contributed by atoms with Crippen LogP contribution in [0.15, 0.2) is 39.1 Å². The molecule has 0 bridgehead atoms. The molecule has 2 heterocycles. The van der Waals surface area contributed by atoms with Gasteiger partial charge in [-0.3, -0.25) is 0 Å². The maximum atomic E-state index is 12.4. The number of thiophene rings is 1. The van der Waals surface area contributed by atoms with Crippen LogP contribution in [0.2, 0.25) is 0 Å². The van der Waals surface area contributed by atoms with Gasteiger partial charge in [-0.05, 0) is 46.8 Å². The van der Waals surface area contributed by atoms with E-state index in [0.29, 0.717) is 29.8 Å². The van der Waals surface area contributed by atoms with Crippen molar-refractivity contribution in [3.05, 3.63) is 39.1 Å². The molecule has 0 aromatic carbocycles. The number of sulfonamides is 1. The number of rotatable bonds is 7. The van der Waals surface area contributed by atoms with Gasteiger partial charge in [-0.1, -0.05) is 6.07 Å². The molecule has 2 rings (SSSR count). The van der Waals surface area contributed by atoms with Crippen molar-refractivity contribution in [3.63, 3.8) is 0 Å². The molecule has 0 fully saturated rings. The molecule has 0 amide bonds. The predicted octanol–water partition coefficient (Wildman–Crippen LogP) is 2.86. The maximum absolute atomic E-state index is 12.4. The normalized spacial score (nSPS) is 11.5. The van der Waals surface area contributed by atoms with Gasteiger partial charge in [-0.2, -0.15) is 0 Å². The molecule has 0 spiro atoms. The summed E-state index contributed by atoms with van der Waals surface area (Å²) in [6.07, 6.45) is 2.25. The average molecular weight is 390 g/mol. The fraction of sp³-hybridized carbons (Fsp3) is 0.308. The van der Waals surface area contributed by atoms with Crippen molar-refractivity contribution in [1.82, 2.24) is 9.71 Å². The van der Waals surface area contributed by atoms with Gasteiger partial charge >= 0.3 is 0 Å². The van der Waals surface area contributed by atoms with Crippen molar-refractivity contribution < 1.29 is 8.42 Å². The molecule has 114 valence electrons. The van der Waals surface area contributed by atoms with Gasteiger partial charge in [0.25, 0.3) is 0 Å². The number of nitrogens with zero attached hydrogens (tertiary/aromatic N) is 1. The average Bonchev–Trinajstić information content (AvgIpc) is 2.94. The summed E-state index contributed by atoms with van der Waals surface area (Å²) in [5, 5.41) is 4.94. The summed E-state index contributed by atoms with van der Waals surface area (Å²) in [6, 6.07) is 5.50. The van der Waals surface area contributed by atoms with Crippen LogP contribution >= 0.6 is 27.3 Å². The van der Waals surface area contributed by atoms with Gasteiger partial charge in [0.15, 0.2) is 0 Å². The second-order valence-corrected chi connectivity index (χ2v) is 7.94. The van der Waals surface area contributed by atoms with Crippen LogP contribution in [-0.2, 0) is 16.4 Å². The van der Waals surface area contributed by atoms with E-state index in [4.69, 9.17) is 0 Å². The molecule has 0 unspecified atom stereocenters. The zero-order valence-electron chi connectivity index (χ0n) is 11.5. The summed E-state index contributed by atoms with van der Waals surface area (Å²) in [6.45, 7) is 2.86. The molecule has 0 aliphatic carbocycles. The number of aromatic nitrogens is 1. The van der Waals surface area contributed by atoms with Crippen LogP contribution in [0.5, 0.6) is 0 Å². The Kier molecular flexibility index (Phi) is 5.74. The fourth-order valence-electron chi connectivity index (χ4n) is 1.77. The molecule has 0 saturated heterocycles. The summed E-state index contributed by atoms with van der Waals surface area (Å²) < 4.78 is 28.0. The number of hydrogen-bond donors (Lipinski definition) is 2. The van der Waals surface area contributed by atoms with Gasteiger partial charge in [0.2, 0.25) is 10.0 Å². The summed E-state index contributed by atoms with van der Waals surface area (Å²) in [5.41, 5.74) is 0. The molecular formula is C13H16BrN3O2S2. The van der Waals surface area contributed by atoms with E-state index >= 15 is 0 Å². The second-order valence-electron chi connectivity index (χ2n) is 4.26. The third-order valence-corrected chi connectivity index (χ3v) is 5.54. The van der Waals surface area contributed by atoms with Crippen LogP contribution < -0.4 is 10.0 Å². The lowest BCUT2D eigenvalue weighted by Crippen LogP contribution is -2.27. The van der Waals surface area contributed by atoms with E-state index < -0.39 is 10.0 Å². The minimum Gasteiger partial charge on any atom is -0.369 e. The van der Waals surface area contributed by atoms with Crippen molar-refractivity contribution in [2.45, 2.75) is 18.2 Å². The number of nitrogens with one attached hydrogen (secondary N) is 2. The zero-order chi connectivity index (χ0) is 15.3. The Labute approximate surface area is 137 Å². The van der Waals surface area contributed by atoms with E-state index in [9.17, 15) is 8.42 Å². The third-order valence-electron chi connectivity index (χ3n) is 2.70. The van der Waals surface area contributed by atoms with Crippen molar-refractivity contribution in [3.8, 4) is 0 Å². The summed E-state index contributed by atoms with van der Waals surface area (Å²) in [4.78, 5) is 5.42. The van der Waals surface area contributed by atoms with Gasteiger partial charge < -0.3 is 5.32 Å². The van der Waals surface area contributed by atoms with Crippen molar-refractivity contribution in [1.29, 1.82) is 0 Å². The standard InChI is InChI=1S/C13H16BrN3O2S2/c1-2-15-13-12(8-10(14)9-16-13)21(18,19)17-6-5-11-4-3-7-20-11/h3-4,7-9,17H,2,5-6H2,1H3,(H,15,16). The number of hydrogen-bond acceptors (Lipinski definition) is 5. The first-order valence-electron chi connectivity index (χ1n) is 6.44. The van der Waals surface area contributed by atoms with Crippen LogP contribution in [0.25, 0.3) is 0 Å². The maximum Gasteiger partial charge on any atom is 0.244 e. The van der Waals surface area contributed by atoms with Crippen LogP contribution in [0.3, 0.4) is 0 Å². The highest BCUT2D eigenvalue weighted by atomic mass is 79.9. The summed E-state index contributed by atoms with van der Waals surface area (Å²) in [7, 11) is -3.59. The highest BCUT2D eigenvalue weighted by Gasteiger charge is 2.19. The number of anilines is 1. The lowest BCUT2D eigenvalue weighted by molar-refractivity contribution is 0.581. The van der Waals surface area contributed by atoms with Crippen LogP contribution in [-0.4, -0.2) is 26.5 Å². The fourth-order valence-corrected chi connectivity index (χ4v) is 4.15. The molecule has 0 aliphatic rings. The van der Waals surface area contributed by atoms with Gasteiger partial charge in [0.1, 0.15) is 10.7 Å². The Balaban J connectivity index is 2.12. The zero-order valence-corrected chi connectivity index (χ0v) is 14.7. The first kappa shape index (κ1) is 16.4. The van der Waals surface area contributed by atoms with Crippen molar-refractivity contribution >= 4 is 43.1 Å². The molecule has 0 saturated carbocycles. The number of pyridine rings is 1. The molecule has 8 heteroatoms. The Morgan fingerprint density at radius 3 is 2.90 bits per heavy atom. The van der Waals surface area contributed by atoms with E-state index in [-0.39, 0.29) is 4.90 Å². The summed E-state index contributed by atoms with van der Waals surface area (Å²) >= 11 is 4.87. The van der Waals surface area contributed by atoms with E-state index in [0.717, 1.165) is 4.88 Å². The van der Waals surface area contributed by atoms with E-state index in [1.807, 2.05) is 24.4 Å². The molecule has 2 aromatic heterocycles. The largest absolute Gasteiger partial charge is 0.369 e. The molecule has 21 heavy (non-hydrogen) atoms. The van der Waals surface area contributed by atoms with E-state index in [1.165, 1.54) is 0 Å². The molecule has 2 N–H and O–H groups in total. The quantitative estimate of drug-likeness (QED) is 0.763. The molecule has 2 aromatic rings. The molecule has 0 radical (unpaired) electrons. The van der Waals surface area contributed by atoms with Gasteiger partial charge in [-0.25, -0.2) is 18.1 Å². The minimum atomic E-state index is -3.59. The summed E-state index contributed by atoms with van der Waals surface area (Å²) in [5.74, 6) is 0.365. The lowest BCUT2D eigenvalue weighted by atomic mass is 10.3. The third kappa shape index (κ3) is 4.50. The Hall–Kier alpha value is -0.960. The monoisotopic (exact) mass is 389 g/mol. The SMILES string of the molecule is CCNc1ncc(Br)cc1S(=O)(=O)NCCc1cccs1. The van der Waals surface area contributed by atoms with Crippen LogP contribution in [0, 0.1) is 0 Å². The molecular weight excluding hydrogens is 374 g/mol. The molecule has 0 aliphatic heterocycles. The topological polar surface area (TPSA) is 71.1 Å². The number of halogens is 1. The van der Waals surface area contributed by atoms with Crippen molar-refractivity contribution in [2.24, 2.45) is 0 Å². The second kappa shape index (κ2) is 7.35. The van der Waals surface area contributed by atoms with E-state index in [2.05, 4.69) is 31.0 Å². The smallest absolute Gasteiger partial charge is 0.244 e. The van der Waals surface area contributed by atoms with Crippen molar-refractivity contribution in [2.75, 3.05) is 18.4 Å². The Bertz CT molecular complexity index is 687. The molecule has 0 atom stereocenters. The lowest BCUT2D eigenvalue weighted by Gasteiger charge is -2.11. The highest BCUT2D eigenvalue weighted by molar-refractivity contribution is 9.10. The van der Waals surface area contributed by atoms with Gasteiger partial charge in [0.05, 0.1) is 0 Å². The Morgan fingerprint density at radius 1 is 1.43 bits per heavy atom. The predicted molar refractivity (Wildman–Crippen MR) is 89.3 cm³/mol. The van der Waals surface area contributed by atoms with Crippen LogP contribution in [0.1, 0.15) is 11.8 Å². The minimum absolute atomic E-state index is 0.157. The van der Waals surface area contributed by atoms with Gasteiger partial charge in [-0.15, -0.1) is 11.3 Å². The highest BCUT2D eigenvalue weighted by Crippen LogP contribution is 2.22. The van der Waals surface area contributed by atoms with Crippen LogP contribution in [0.4, 0.5) is 5.82 Å². The first-order chi connectivity index (χ1) is 10.0. The Morgan fingerprint density at radius 2 is 2.24 bits per heavy atom. The molecule has 5 nitrogen and oxygen atoms in total.